The van der Waals surface area contributed by atoms with E-state index in [1.165, 1.54) is 0 Å². The van der Waals surface area contributed by atoms with E-state index in [0.717, 1.165) is 16.8 Å². The summed E-state index contributed by atoms with van der Waals surface area (Å²) in [5, 5.41) is 0.689. The molecule has 2 rings (SSSR count). The van der Waals surface area contributed by atoms with E-state index in [1.807, 2.05) is 31.2 Å². The molecule has 0 unspecified atom stereocenters. The molecule has 0 aliphatic carbocycles. The maximum atomic E-state index is 6.08. The average Bonchev–Trinajstić information content (AvgIpc) is 2.20. The molecule has 0 saturated heterocycles. The van der Waals surface area contributed by atoms with Gasteiger partial charge in [0.1, 0.15) is 0 Å². The second-order valence-electron chi connectivity index (χ2n) is 3.21. The molecule has 3 nitrogen and oxygen atoms in total. The zero-order valence-corrected chi connectivity index (χ0v) is 8.99. The summed E-state index contributed by atoms with van der Waals surface area (Å²) in [6.07, 6.45) is 1.69. The van der Waals surface area contributed by atoms with Crippen LogP contribution in [-0.2, 0) is 0 Å². The van der Waals surface area contributed by atoms with Gasteiger partial charge in [-0.1, -0.05) is 29.8 Å². The van der Waals surface area contributed by atoms with Crippen molar-refractivity contribution in [3.63, 3.8) is 0 Å². The predicted octanol–water partition coefficient (Wildman–Crippen LogP) is 2.69. The molecule has 0 amide bonds. The summed E-state index contributed by atoms with van der Waals surface area (Å²) >= 11 is 6.08. The number of aromatic nitrogens is 2. The van der Waals surface area contributed by atoms with Crippen molar-refractivity contribution >= 4 is 17.5 Å². The third-order valence-electron chi connectivity index (χ3n) is 2.16. The fourth-order valence-electron chi connectivity index (χ4n) is 1.43. The van der Waals surface area contributed by atoms with Crippen molar-refractivity contribution in [2.45, 2.75) is 6.92 Å². The molecule has 0 atom stereocenters. The normalized spacial score (nSPS) is 10.3. The van der Waals surface area contributed by atoms with Crippen LogP contribution in [-0.4, -0.2) is 9.97 Å². The first-order valence-corrected chi connectivity index (χ1v) is 4.90. The Morgan fingerprint density at radius 2 is 1.93 bits per heavy atom. The van der Waals surface area contributed by atoms with Crippen LogP contribution in [0.3, 0.4) is 0 Å². The Kier molecular flexibility index (Phi) is 2.56. The molecule has 2 N–H and O–H groups in total. The molecule has 1 aromatic carbocycles. The topological polar surface area (TPSA) is 51.8 Å². The molecule has 1 heterocycles. The van der Waals surface area contributed by atoms with Crippen LogP contribution in [0.25, 0.3) is 11.1 Å². The number of anilines is 1. The van der Waals surface area contributed by atoms with E-state index in [-0.39, 0.29) is 5.95 Å². The van der Waals surface area contributed by atoms with E-state index in [2.05, 4.69) is 9.97 Å². The van der Waals surface area contributed by atoms with Crippen LogP contribution < -0.4 is 5.73 Å². The average molecular weight is 220 g/mol. The summed E-state index contributed by atoms with van der Waals surface area (Å²) in [5.41, 5.74) is 8.16. The van der Waals surface area contributed by atoms with Crippen molar-refractivity contribution in [1.29, 1.82) is 0 Å². The van der Waals surface area contributed by atoms with Crippen molar-refractivity contribution in [2.75, 3.05) is 5.73 Å². The third kappa shape index (κ3) is 1.92. The molecule has 2 aromatic rings. The molecule has 0 bridgehead atoms. The molecule has 0 aliphatic heterocycles. The van der Waals surface area contributed by atoms with Crippen molar-refractivity contribution in [3.05, 3.63) is 41.2 Å². The van der Waals surface area contributed by atoms with Crippen molar-refractivity contribution in [3.8, 4) is 11.1 Å². The van der Waals surface area contributed by atoms with Gasteiger partial charge in [0.05, 0.1) is 5.69 Å². The Balaban J connectivity index is 2.60. The number of nitrogens with zero attached hydrogens (tertiary/aromatic N) is 2. The second kappa shape index (κ2) is 3.87. The van der Waals surface area contributed by atoms with E-state index in [1.54, 1.807) is 6.20 Å². The number of rotatable bonds is 1. The summed E-state index contributed by atoms with van der Waals surface area (Å²) in [6.45, 7) is 1.89. The molecule has 0 fully saturated rings. The molecular weight excluding hydrogens is 210 g/mol. The summed E-state index contributed by atoms with van der Waals surface area (Å²) in [5.74, 6) is 0.281. The van der Waals surface area contributed by atoms with Crippen LogP contribution in [0.15, 0.2) is 30.5 Å². The van der Waals surface area contributed by atoms with E-state index in [4.69, 9.17) is 17.3 Å². The Morgan fingerprint density at radius 1 is 1.20 bits per heavy atom. The Bertz CT molecular complexity index is 497. The van der Waals surface area contributed by atoms with Gasteiger partial charge in [0.15, 0.2) is 0 Å². The van der Waals surface area contributed by atoms with Crippen molar-refractivity contribution in [1.82, 2.24) is 9.97 Å². The highest BCUT2D eigenvalue weighted by Crippen LogP contribution is 2.28. The Labute approximate surface area is 92.9 Å². The van der Waals surface area contributed by atoms with Crippen LogP contribution in [0.4, 0.5) is 5.95 Å². The number of benzene rings is 1. The van der Waals surface area contributed by atoms with Crippen LogP contribution in [0.5, 0.6) is 0 Å². The van der Waals surface area contributed by atoms with Crippen LogP contribution >= 0.6 is 11.6 Å². The minimum absolute atomic E-state index is 0.281. The molecule has 0 spiro atoms. The first-order chi connectivity index (χ1) is 7.18. The van der Waals surface area contributed by atoms with Gasteiger partial charge in [-0.2, -0.15) is 0 Å². The van der Waals surface area contributed by atoms with E-state index < -0.39 is 0 Å². The quantitative estimate of drug-likeness (QED) is 0.802. The SMILES string of the molecule is Cc1nc(N)ncc1-c1ccccc1Cl. The molecule has 4 heteroatoms. The van der Waals surface area contributed by atoms with Crippen LogP contribution in [0.2, 0.25) is 5.02 Å². The molecule has 0 aliphatic rings. The van der Waals surface area contributed by atoms with Gasteiger partial charge in [0, 0.05) is 22.3 Å². The molecule has 15 heavy (non-hydrogen) atoms. The second-order valence-corrected chi connectivity index (χ2v) is 3.61. The number of nitrogens with two attached hydrogens (primary N) is 1. The zero-order chi connectivity index (χ0) is 10.8. The first kappa shape index (κ1) is 9.93. The first-order valence-electron chi connectivity index (χ1n) is 4.52. The van der Waals surface area contributed by atoms with Crippen LogP contribution in [0, 0.1) is 6.92 Å². The van der Waals surface area contributed by atoms with E-state index in [9.17, 15) is 0 Å². The van der Waals surface area contributed by atoms with Gasteiger partial charge in [-0.05, 0) is 13.0 Å². The standard InChI is InChI=1S/C11H10ClN3/c1-7-9(6-14-11(13)15-7)8-4-2-3-5-10(8)12/h2-6H,1H3,(H2,13,14,15). The monoisotopic (exact) mass is 219 g/mol. The molecule has 1 aromatic heterocycles. The highest BCUT2D eigenvalue weighted by molar-refractivity contribution is 6.33. The van der Waals surface area contributed by atoms with Crippen molar-refractivity contribution in [2.24, 2.45) is 0 Å². The van der Waals surface area contributed by atoms with E-state index in [0.29, 0.717) is 5.02 Å². The Morgan fingerprint density at radius 3 is 2.60 bits per heavy atom. The smallest absolute Gasteiger partial charge is 0.220 e. The minimum atomic E-state index is 0.281. The maximum absolute atomic E-state index is 6.08. The maximum Gasteiger partial charge on any atom is 0.220 e. The number of hydrogen-bond donors (Lipinski definition) is 1. The summed E-state index contributed by atoms with van der Waals surface area (Å²) in [4.78, 5) is 8.06. The molecule has 0 saturated carbocycles. The largest absolute Gasteiger partial charge is 0.368 e. The lowest BCUT2D eigenvalue weighted by Crippen LogP contribution is -1.98. The van der Waals surface area contributed by atoms with Gasteiger partial charge >= 0.3 is 0 Å². The lowest BCUT2D eigenvalue weighted by molar-refractivity contribution is 1.12. The molecule has 76 valence electrons. The number of nitrogen functional groups attached to an aromatic ring is 1. The summed E-state index contributed by atoms with van der Waals surface area (Å²) in [6, 6.07) is 7.59. The van der Waals surface area contributed by atoms with Crippen LogP contribution in [0.1, 0.15) is 5.69 Å². The minimum Gasteiger partial charge on any atom is -0.368 e. The number of hydrogen-bond acceptors (Lipinski definition) is 3. The third-order valence-corrected chi connectivity index (χ3v) is 2.49. The number of aryl methyl sites for hydroxylation is 1. The van der Waals surface area contributed by atoms with Gasteiger partial charge in [-0.3, -0.25) is 0 Å². The van der Waals surface area contributed by atoms with Gasteiger partial charge in [0.2, 0.25) is 5.95 Å². The Hall–Kier alpha value is -1.61. The summed E-state index contributed by atoms with van der Waals surface area (Å²) < 4.78 is 0. The fourth-order valence-corrected chi connectivity index (χ4v) is 1.67. The van der Waals surface area contributed by atoms with Gasteiger partial charge in [-0.25, -0.2) is 9.97 Å². The van der Waals surface area contributed by atoms with Gasteiger partial charge in [-0.15, -0.1) is 0 Å². The zero-order valence-electron chi connectivity index (χ0n) is 8.24. The summed E-state index contributed by atoms with van der Waals surface area (Å²) in [7, 11) is 0. The predicted molar refractivity (Wildman–Crippen MR) is 61.6 cm³/mol. The van der Waals surface area contributed by atoms with Gasteiger partial charge < -0.3 is 5.73 Å². The lowest BCUT2D eigenvalue weighted by atomic mass is 10.1. The fraction of sp³-hybridized carbons (Fsp3) is 0.0909. The lowest BCUT2D eigenvalue weighted by Gasteiger charge is -2.06. The van der Waals surface area contributed by atoms with E-state index >= 15 is 0 Å². The van der Waals surface area contributed by atoms with Crippen molar-refractivity contribution < 1.29 is 0 Å². The highest BCUT2D eigenvalue weighted by atomic mass is 35.5. The van der Waals surface area contributed by atoms with Gasteiger partial charge in [0.25, 0.3) is 0 Å². The molecular formula is C11H10ClN3. The number of halogens is 1. The molecule has 0 radical (unpaired) electrons. The highest BCUT2D eigenvalue weighted by Gasteiger charge is 2.07.